The lowest BCUT2D eigenvalue weighted by molar-refractivity contribution is 0.101. The molecule has 0 aliphatic carbocycles. The van der Waals surface area contributed by atoms with Gasteiger partial charge in [0.15, 0.2) is 5.78 Å². The molecule has 0 amide bonds. The van der Waals surface area contributed by atoms with Crippen LogP contribution in [0.15, 0.2) is 24.3 Å². The van der Waals surface area contributed by atoms with Gasteiger partial charge >= 0.3 is 0 Å². The van der Waals surface area contributed by atoms with Crippen molar-refractivity contribution in [1.82, 2.24) is 4.90 Å². The normalized spacial score (nSPS) is 10.7. The van der Waals surface area contributed by atoms with Crippen LogP contribution in [0, 0.1) is 0 Å². The second-order valence-electron chi connectivity index (χ2n) is 4.59. The molecule has 3 nitrogen and oxygen atoms in total. The highest BCUT2D eigenvalue weighted by molar-refractivity contribution is 5.94. The summed E-state index contributed by atoms with van der Waals surface area (Å²) in [6.07, 6.45) is 2.45. The van der Waals surface area contributed by atoms with Crippen LogP contribution in [0.4, 0.5) is 0 Å². The molecule has 0 aliphatic rings. The molecule has 0 spiro atoms. The predicted molar refractivity (Wildman–Crippen MR) is 74.3 cm³/mol. The lowest BCUT2D eigenvalue weighted by Gasteiger charge is -2.16. The average molecular weight is 249 g/mol. The maximum absolute atomic E-state index is 11.1. The van der Waals surface area contributed by atoms with Crippen LogP contribution in [0.3, 0.4) is 0 Å². The molecular weight excluding hydrogens is 226 g/mol. The molecule has 0 N–H and O–H groups in total. The number of nitrogens with zero attached hydrogens (tertiary/aromatic N) is 1. The van der Waals surface area contributed by atoms with Crippen LogP contribution in [-0.2, 0) is 0 Å². The Morgan fingerprint density at radius 1 is 1.22 bits per heavy atom. The SMILES string of the molecule is CCCCN(C)CCOc1ccc(C(C)=O)cc1. The van der Waals surface area contributed by atoms with Gasteiger partial charge < -0.3 is 9.64 Å². The number of hydrogen-bond acceptors (Lipinski definition) is 3. The third-order valence-corrected chi connectivity index (χ3v) is 2.90. The number of ketones is 1. The van der Waals surface area contributed by atoms with Gasteiger partial charge in [-0.25, -0.2) is 0 Å². The quantitative estimate of drug-likeness (QED) is 0.663. The van der Waals surface area contributed by atoms with E-state index in [9.17, 15) is 4.79 Å². The molecule has 0 aliphatic heterocycles. The minimum absolute atomic E-state index is 0.0841. The highest BCUT2D eigenvalue weighted by atomic mass is 16.5. The largest absolute Gasteiger partial charge is 0.492 e. The van der Waals surface area contributed by atoms with Crippen LogP contribution in [0.25, 0.3) is 0 Å². The summed E-state index contributed by atoms with van der Waals surface area (Å²) >= 11 is 0. The molecule has 1 aromatic carbocycles. The van der Waals surface area contributed by atoms with Crippen LogP contribution in [0.5, 0.6) is 5.75 Å². The Labute approximate surface area is 110 Å². The number of rotatable bonds is 8. The van der Waals surface area contributed by atoms with Crippen molar-refractivity contribution in [3.63, 3.8) is 0 Å². The minimum Gasteiger partial charge on any atom is -0.492 e. The standard InChI is InChI=1S/C15H23NO2/c1-4-5-10-16(3)11-12-18-15-8-6-14(7-9-15)13(2)17/h6-9H,4-5,10-12H2,1-3H3. The summed E-state index contributed by atoms with van der Waals surface area (Å²) in [4.78, 5) is 13.4. The van der Waals surface area contributed by atoms with Crippen LogP contribution in [0.2, 0.25) is 0 Å². The molecule has 0 saturated heterocycles. The molecule has 0 atom stereocenters. The van der Waals surface area contributed by atoms with Gasteiger partial charge in [-0.15, -0.1) is 0 Å². The monoisotopic (exact) mass is 249 g/mol. The fourth-order valence-corrected chi connectivity index (χ4v) is 1.65. The highest BCUT2D eigenvalue weighted by Gasteiger charge is 2.01. The van der Waals surface area contributed by atoms with Crippen molar-refractivity contribution in [2.75, 3.05) is 26.7 Å². The number of ether oxygens (including phenoxy) is 1. The second-order valence-corrected chi connectivity index (χ2v) is 4.59. The van der Waals surface area contributed by atoms with E-state index in [2.05, 4.69) is 18.9 Å². The molecule has 0 radical (unpaired) electrons. The van der Waals surface area contributed by atoms with Crippen LogP contribution >= 0.6 is 0 Å². The van der Waals surface area contributed by atoms with E-state index < -0.39 is 0 Å². The summed E-state index contributed by atoms with van der Waals surface area (Å²) in [5.74, 6) is 0.907. The Morgan fingerprint density at radius 2 is 1.89 bits per heavy atom. The first-order valence-corrected chi connectivity index (χ1v) is 6.56. The molecular formula is C15H23NO2. The van der Waals surface area contributed by atoms with Gasteiger partial charge in [-0.05, 0) is 51.2 Å². The van der Waals surface area contributed by atoms with E-state index in [1.54, 1.807) is 19.1 Å². The number of hydrogen-bond donors (Lipinski definition) is 0. The third-order valence-electron chi connectivity index (χ3n) is 2.90. The number of likely N-dealkylation sites (N-methyl/N-ethyl adjacent to an activating group) is 1. The second kappa shape index (κ2) is 7.88. The lowest BCUT2D eigenvalue weighted by Crippen LogP contribution is -2.25. The number of Topliss-reactive ketones (excluding diaryl/α,β-unsaturated/α-hetero) is 1. The Morgan fingerprint density at radius 3 is 2.44 bits per heavy atom. The molecule has 0 unspecified atom stereocenters. The molecule has 0 bridgehead atoms. The van der Waals surface area contributed by atoms with Gasteiger partial charge in [0.05, 0.1) is 0 Å². The summed E-state index contributed by atoms with van der Waals surface area (Å²) in [6, 6.07) is 7.31. The van der Waals surface area contributed by atoms with Crippen molar-refractivity contribution in [2.24, 2.45) is 0 Å². The minimum atomic E-state index is 0.0841. The van der Waals surface area contributed by atoms with Gasteiger partial charge in [-0.2, -0.15) is 0 Å². The molecule has 0 saturated carbocycles. The fourth-order valence-electron chi connectivity index (χ4n) is 1.65. The molecule has 0 aromatic heterocycles. The Balaban J connectivity index is 2.29. The first kappa shape index (κ1) is 14.7. The van der Waals surface area contributed by atoms with Gasteiger partial charge in [-0.1, -0.05) is 13.3 Å². The lowest BCUT2D eigenvalue weighted by atomic mass is 10.1. The summed E-state index contributed by atoms with van der Waals surface area (Å²) < 4.78 is 5.64. The van der Waals surface area contributed by atoms with E-state index in [4.69, 9.17) is 4.74 Å². The van der Waals surface area contributed by atoms with Crippen molar-refractivity contribution < 1.29 is 9.53 Å². The van der Waals surface area contributed by atoms with E-state index >= 15 is 0 Å². The van der Waals surface area contributed by atoms with Crippen LogP contribution < -0.4 is 4.74 Å². The maximum Gasteiger partial charge on any atom is 0.159 e. The molecule has 1 rings (SSSR count). The van der Waals surface area contributed by atoms with Crippen molar-refractivity contribution in [3.05, 3.63) is 29.8 Å². The summed E-state index contributed by atoms with van der Waals surface area (Å²) in [6.45, 7) is 6.48. The molecule has 100 valence electrons. The van der Waals surface area contributed by atoms with Crippen molar-refractivity contribution in [3.8, 4) is 5.75 Å². The van der Waals surface area contributed by atoms with E-state index in [-0.39, 0.29) is 5.78 Å². The van der Waals surface area contributed by atoms with Crippen molar-refractivity contribution in [1.29, 1.82) is 0 Å². The predicted octanol–water partition coefficient (Wildman–Crippen LogP) is 3.00. The van der Waals surface area contributed by atoms with E-state index in [0.717, 1.165) is 24.4 Å². The van der Waals surface area contributed by atoms with Gasteiger partial charge in [0.1, 0.15) is 12.4 Å². The topological polar surface area (TPSA) is 29.5 Å². The van der Waals surface area contributed by atoms with Crippen molar-refractivity contribution >= 4 is 5.78 Å². The van der Waals surface area contributed by atoms with Gasteiger partial charge in [0.25, 0.3) is 0 Å². The van der Waals surface area contributed by atoms with E-state index in [0.29, 0.717) is 6.61 Å². The average Bonchev–Trinajstić information content (AvgIpc) is 2.37. The van der Waals surface area contributed by atoms with Crippen molar-refractivity contribution in [2.45, 2.75) is 26.7 Å². The van der Waals surface area contributed by atoms with E-state index in [1.807, 2.05) is 12.1 Å². The zero-order valence-corrected chi connectivity index (χ0v) is 11.6. The number of benzene rings is 1. The molecule has 18 heavy (non-hydrogen) atoms. The van der Waals surface area contributed by atoms with Gasteiger partial charge in [0, 0.05) is 12.1 Å². The summed E-state index contributed by atoms with van der Waals surface area (Å²) in [7, 11) is 2.11. The Kier molecular flexibility index (Phi) is 6.44. The number of carbonyl (C=O) groups is 1. The van der Waals surface area contributed by atoms with Crippen LogP contribution in [-0.4, -0.2) is 37.4 Å². The molecule has 3 heteroatoms. The summed E-state index contributed by atoms with van der Waals surface area (Å²) in [5, 5.41) is 0. The molecule has 1 aromatic rings. The van der Waals surface area contributed by atoms with Crippen LogP contribution in [0.1, 0.15) is 37.0 Å². The third kappa shape index (κ3) is 5.32. The smallest absolute Gasteiger partial charge is 0.159 e. The first-order chi connectivity index (χ1) is 8.63. The number of unbranched alkanes of at least 4 members (excludes halogenated alkanes) is 1. The zero-order chi connectivity index (χ0) is 13.4. The van der Waals surface area contributed by atoms with E-state index in [1.165, 1.54) is 12.8 Å². The molecule has 0 heterocycles. The Hall–Kier alpha value is -1.35. The van der Waals surface area contributed by atoms with Gasteiger partial charge in [0.2, 0.25) is 0 Å². The fraction of sp³-hybridized carbons (Fsp3) is 0.533. The highest BCUT2D eigenvalue weighted by Crippen LogP contribution is 2.12. The zero-order valence-electron chi connectivity index (χ0n) is 11.6. The number of carbonyl (C=O) groups excluding carboxylic acids is 1. The Bertz CT molecular complexity index is 359. The maximum atomic E-state index is 11.1. The van der Waals surface area contributed by atoms with Gasteiger partial charge in [-0.3, -0.25) is 4.79 Å². The molecule has 0 fully saturated rings. The first-order valence-electron chi connectivity index (χ1n) is 6.56. The summed E-state index contributed by atoms with van der Waals surface area (Å²) in [5.41, 5.74) is 0.724.